The Morgan fingerprint density at radius 3 is 2.62 bits per heavy atom. The van der Waals surface area contributed by atoms with Crippen LogP contribution in [0.3, 0.4) is 0 Å². The molecule has 0 spiro atoms. The van der Waals surface area contributed by atoms with Crippen molar-refractivity contribution >= 4 is 21.5 Å². The van der Waals surface area contributed by atoms with Crippen molar-refractivity contribution < 1.29 is 8.42 Å². The van der Waals surface area contributed by atoms with Crippen molar-refractivity contribution in [2.75, 3.05) is 33.7 Å². The van der Waals surface area contributed by atoms with E-state index in [9.17, 15) is 8.42 Å². The first kappa shape index (κ1) is 15.4. The van der Waals surface area contributed by atoms with Gasteiger partial charge in [0.05, 0.1) is 0 Å². The minimum Gasteiger partial charge on any atom is -0.296 e. The van der Waals surface area contributed by atoms with Gasteiger partial charge in [0.1, 0.15) is 0 Å². The molecule has 21 heavy (non-hydrogen) atoms. The molecule has 0 bridgehead atoms. The van der Waals surface area contributed by atoms with E-state index in [0.29, 0.717) is 19.1 Å². The molecule has 1 aromatic heterocycles. The van der Waals surface area contributed by atoms with Crippen LogP contribution in [0.5, 0.6) is 0 Å². The number of hydrogen-bond acceptors (Lipinski definition) is 4. The van der Waals surface area contributed by atoms with Crippen molar-refractivity contribution in [1.29, 1.82) is 0 Å². The average molecular weight is 329 g/mol. The number of nitrogens with zero attached hydrogens (tertiary/aromatic N) is 3. The van der Waals surface area contributed by atoms with Crippen LogP contribution in [0.1, 0.15) is 23.3 Å². The fourth-order valence-electron chi connectivity index (χ4n) is 3.25. The van der Waals surface area contributed by atoms with Crippen LogP contribution in [0.15, 0.2) is 11.4 Å². The summed E-state index contributed by atoms with van der Waals surface area (Å²) in [6.07, 6.45) is 3.02. The SMILES string of the molecule is CN(C)S(=O)(=O)N1CCC(N2CCc3sccc3C2)CC1. The Bertz CT molecular complexity index is 589. The van der Waals surface area contributed by atoms with Crippen LogP contribution in [0.2, 0.25) is 0 Å². The van der Waals surface area contributed by atoms with Crippen LogP contribution in [-0.4, -0.2) is 61.7 Å². The highest BCUT2D eigenvalue weighted by Gasteiger charge is 2.32. The van der Waals surface area contributed by atoms with Gasteiger partial charge in [0.25, 0.3) is 10.2 Å². The molecule has 3 heterocycles. The van der Waals surface area contributed by atoms with E-state index in [2.05, 4.69) is 16.3 Å². The van der Waals surface area contributed by atoms with Crippen LogP contribution in [-0.2, 0) is 23.2 Å². The standard InChI is InChI=1S/C14H23N3O2S2/c1-15(2)21(18,19)17-8-3-13(4-9-17)16-7-5-14-12(11-16)6-10-20-14/h6,10,13H,3-5,7-9,11H2,1-2H3. The highest BCUT2D eigenvalue weighted by molar-refractivity contribution is 7.86. The molecule has 0 atom stereocenters. The van der Waals surface area contributed by atoms with Crippen LogP contribution < -0.4 is 0 Å². The van der Waals surface area contributed by atoms with E-state index in [4.69, 9.17) is 0 Å². The van der Waals surface area contributed by atoms with Crippen molar-refractivity contribution in [2.45, 2.75) is 31.8 Å². The van der Waals surface area contributed by atoms with Crippen molar-refractivity contribution in [3.8, 4) is 0 Å². The fraction of sp³-hybridized carbons (Fsp3) is 0.714. The largest absolute Gasteiger partial charge is 0.296 e. The highest BCUT2D eigenvalue weighted by Crippen LogP contribution is 2.28. The molecular formula is C14H23N3O2S2. The fourth-order valence-corrected chi connectivity index (χ4v) is 5.27. The van der Waals surface area contributed by atoms with Crippen LogP contribution in [0, 0.1) is 0 Å². The summed E-state index contributed by atoms with van der Waals surface area (Å²) in [5.41, 5.74) is 1.47. The van der Waals surface area contributed by atoms with Gasteiger partial charge in [-0.15, -0.1) is 11.3 Å². The van der Waals surface area contributed by atoms with Crippen molar-refractivity contribution in [1.82, 2.24) is 13.5 Å². The van der Waals surface area contributed by atoms with Gasteiger partial charge < -0.3 is 0 Å². The molecule has 7 heteroatoms. The first-order valence-corrected chi connectivity index (χ1v) is 9.73. The Balaban J connectivity index is 1.60. The van der Waals surface area contributed by atoms with E-state index in [1.807, 2.05) is 11.3 Å². The van der Waals surface area contributed by atoms with Gasteiger partial charge in [0.2, 0.25) is 0 Å². The summed E-state index contributed by atoms with van der Waals surface area (Å²) in [7, 11) is -0.0413. The highest BCUT2D eigenvalue weighted by atomic mass is 32.2. The van der Waals surface area contributed by atoms with Crippen LogP contribution in [0.25, 0.3) is 0 Å². The van der Waals surface area contributed by atoms with E-state index < -0.39 is 10.2 Å². The van der Waals surface area contributed by atoms with Crippen molar-refractivity contribution in [2.24, 2.45) is 0 Å². The van der Waals surface area contributed by atoms with Gasteiger partial charge in [0.15, 0.2) is 0 Å². The second-order valence-electron chi connectivity index (χ2n) is 6.01. The second-order valence-corrected chi connectivity index (χ2v) is 9.15. The third-order valence-electron chi connectivity index (χ3n) is 4.56. The van der Waals surface area contributed by atoms with E-state index >= 15 is 0 Å². The first-order valence-electron chi connectivity index (χ1n) is 7.45. The normalized spacial score (nSPS) is 22.6. The molecule has 2 aliphatic heterocycles. The average Bonchev–Trinajstić information content (AvgIpc) is 2.94. The lowest BCUT2D eigenvalue weighted by Crippen LogP contribution is -2.50. The molecule has 3 rings (SSSR count). The lowest BCUT2D eigenvalue weighted by atomic mass is 10.0. The molecule has 1 saturated heterocycles. The van der Waals surface area contributed by atoms with Gasteiger partial charge in [-0.3, -0.25) is 4.90 Å². The maximum absolute atomic E-state index is 12.1. The molecule has 2 aliphatic rings. The van der Waals surface area contributed by atoms with Gasteiger partial charge in [-0.2, -0.15) is 17.0 Å². The minimum absolute atomic E-state index is 0.520. The van der Waals surface area contributed by atoms with Gasteiger partial charge in [-0.1, -0.05) is 0 Å². The van der Waals surface area contributed by atoms with Gasteiger partial charge in [0, 0.05) is 51.2 Å². The van der Waals surface area contributed by atoms with Crippen molar-refractivity contribution in [3.63, 3.8) is 0 Å². The third-order valence-corrected chi connectivity index (χ3v) is 7.53. The number of thiophene rings is 1. The lowest BCUT2D eigenvalue weighted by molar-refractivity contribution is 0.125. The van der Waals surface area contributed by atoms with Gasteiger partial charge in [-0.05, 0) is 36.3 Å². The maximum Gasteiger partial charge on any atom is 0.281 e. The molecule has 1 fully saturated rings. The van der Waals surface area contributed by atoms with Crippen LogP contribution in [0.4, 0.5) is 0 Å². The lowest BCUT2D eigenvalue weighted by Gasteiger charge is -2.40. The monoisotopic (exact) mass is 329 g/mol. The zero-order valence-corrected chi connectivity index (χ0v) is 14.3. The van der Waals surface area contributed by atoms with Gasteiger partial charge >= 0.3 is 0 Å². The Morgan fingerprint density at radius 1 is 1.24 bits per heavy atom. The number of piperidine rings is 1. The molecule has 0 saturated carbocycles. The summed E-state index contributed by atoms with van der Waals surface area (Å²) in [6, 6.07) is 2.75. The smallest absolute Gasteiger partial charge is 0.281 e. The van der Waals surface area contributed by atoms with Crippen LogP contribution >= 0.6 is 11.3 Å². The first-order chi connectivity index (χ1) is 9.98. The van der Waals surface area contributed by atoms with E-state index in [1.165, 1.54) is 14.7 Å². The van der Waals surface area contributed by atoms with E-state index in [-0.39, 0.29) is 0 Å². The number of fused-ring (bicyclic) bond motifs is 1. The predicted molar refractivity (Wildman–Crippen MR) is 85.6 cm³/mol. The Labute approximate surface area is 131 Å². The minimum atomic E-state index is -3.24. The molecule has 0 aromatic carbocycles. The predicted octanol–water partition coefficient (Wildman–Crippen LogP) is 1.38. The summed E-state index contributed by atoms with van der Waals surface area (Å²) in [4.78, 5) is 4.06. The summed E-state index contributed by atoms with van der Waals surface area (Å²) in [6.45, 7) is 3.42. The molecule has 0 N–H and O–H groups in total. The molecule has 0 aliphatic carbocycles. The molecule has 1 aromatic rings. The molecule has 0 amide bonds. The number of hydrogen-bond donors (Lipinski definition) is 0. The summed E-state index contributed by atoms with van der Waals surface area (Å²) in [5, 5.41) is 2.18. The Kier molecular flexibility index (Phi) is 4.38. The summed E-state index contributed by atoms with van der Waals surface area (Å²) < 4.78 is 27.2. The molecule has 118 valence electrons. The Morgan fingerprint density at radius 2 is 1.95 bits per heavy atom. The number of rotatable bonds is 3. The zero-order chi connectivity index (χ0) is 15.0. The van der Waals surface area contributed by atoms with Gasteiger partial charge in [-0.25, -0.2) is 0 Å². The van der Waals surface area contributed by atoms with E-state index in [0.717, 1.165) is 32.4 Å². The van der Waals surface area contributed by atoms with E-state index in [1.54, 1.807) is 18.4 Å². The maximum atomic E-state index is 12.1. The summed E-state index contributed by atoms with van der Waals surface area (Å²) in [5.74, 6) is 0. The molecule has 5 nitrogen and oxygen atoms in total. The quantitative estimate of drug-likeness (QED) is 0.841. The summed E-state index contributed by atoms with van der Waals surface area (Å²) >= 11 is 1.86. The topological polar surface area (TPSA) is 43.9 Å². The van der Waals surface area contributed by atoms with Crippen molar-refractivity contribution in [3.05, 3.63) is 21.9 Å². The Hall–Kier alpha value is -0.470. The third kappa shape index (κ3) is 3.03. The molecule has 0 unspecified atom stereocenters. The zero-order valence-electron chi connectivity index (χ0n) is 12.7. The molecule has 0 radical (unpaired) electrons. The molecular weight excluding hydrogens is 306 g/mol. The second kappa shape index (κ2) is 5.96.